The van der Waals surface area contributed by atoms with Gasteiger partial charge in [-0.1, -0.05) is 0 Å². The molecular formula is C9H12F3N3. The van der Waals surface area contributed by atoms with Gasteiger partial charge in [0.15, 0.2) is 0 Å². The van der Waals surface area contributed by atoms with Crippen LogP contribution in [0.2, 0.25) is 0 Å². The minimum atomic E-state index is -4.13. The first kappa shape index (κ1) is 11.7. The van der Waals surface area contributed by atoms with Crippen LogP contribution in [0.25, 0.3) is 0 Å². The highest BCUT2D eigenvalue weighted by atomic mass is 19.4. The molecule has 0 atom stereocenters. The Morgan fingerprint density at radius 2 is 2.00 bits per heavy atom. The van der Waals surface area contributed by atoms with Crippen LogP contribution in [0, 0.1) is 6.92 Å². The summed E-state index contributed by atoms with van der Waals surface area (Å²) in [5.41, 5.74) is 0.686. The van der Waals surface area contributed by atoms with Crippen molar-refractivity contribution in [1.82, 2.24) is 9.97 Å². The Balaban J connectivity index is 2.58. The van der Waals surface area contributed by atoms with Gasteiger partial charge in [-0.15, -0.1) is 0 Å². The van der Waals surface area contributed by atoms with Gasteiger partial charge in [-0.3, -0.25) is 4.98 Å². The second kappa shape index (κ2) is 4.46. The molecule has 0 aromatic carbocycles. The third-order valence-electron chi connectivity index (χ3n) is 1.86. The summed E-state index contributed by atoms with van der Waals surface area (Å²) in [6.45, 7) is 1.63. The van der Waals surface area contributed by atoms with Crippen LogP contribution < -0.4 is 4.90 Å². The van der Waals surface area contributed by atoms with Crippen LogP contribution in [0.4, 0.5) is 19.0 Å². The van der Waals surface area contributed by atoms with E-state index in [2.05, 4.69) is 9.97 Å². The lowest BCUT2D eigenvalue weighted by Gasteiger charge is -2.18. The molecule has 15 heavy (non-hydrogen) atoms. The van der Waals surface area contributed by atoms with Gasteiger partial charge < -0.3 is 4.90 Å². The summed E-state index contributed by atoms with van der Waals surface area (Å²) in [5.74, 6) is 0.458. The summed E-state index contributed by atoms with van der Waals surface area (Å²) in [4.78, 5) is 9.37. The van der Waals surface area contributed by atoms with Gasteiger partial charge in [0.1, 0.15) is 5.82 Å². The Morgan fingerprint density at radius 1 is 1.33 bits per heavy atom. The Morgan fingerprint density at radius 3 is 2.53 bits per heavy atom. The fourth-order valence-electron chi connectivity index (χ4n) is 1.04. The summed E-state index contributed by atoms with van der Waals surface area (Å²) >= 11 is 0. The molecule has 0 radical (unpaired) electrons. The third-order valence-corrected chi connectivity index (χ3v) is 1.86. The molecule has 0 aliphatic carbocycles. The van der Waals surface area contributed by atoms with Crippen molar-refractivity contribution in [2.75, 3.05) is 18.5 Å². The first-order valence-corrected chi connectivity index (χ1v) is 4.45. The molecule has 0 fully saturated rings. The molecule has 1 rings (SSSR count). The summed E-state index contributed by atoms with van der Waals surface area (Å²) in [7, 11) is 1.56. The molecule has 1 heterocycles. The number of aryl methyl sites for hydroxylation is 1. The predicted molar refractivity (Wildman–Crippen MR) is 50.7 cm³/mol. The van der Waals surface area contributed by atoms with Crippen LogP contribution >= 0.6 is 0 Å². The molecule has 0 amide bonds. The van der Waals surface area contributed by atoms with E-state index in [0.717, 1.165) is 0 Å². The lowest BCUT2D eigenvalue weighted by atomic mass is 10.4. The Kier molecular flexibility index (Phi) is 3.49. The highest BCUT2D eigenvalue weighted by Crippen LogP contribution is 2.20. The number of aromatic nitrogens is 2. The normalized spacial score (nSPS) is 11.5. The Hall–Kier alpha value is -1.33. The lowest BCUT2D eigenvalue weighted by molar-refractivity contribution is -0.132. The number of nitrogens with zero attached hydrogens (tertiary/aromatic N) is 3. The molecule has 3 nitrogen and oxygen atoms in total. The molecule has 0 N–H and O–H groups in total. The molecule has 0 bridgehead atoms. The molecular weight excluding hydrogens is 207 g/mol. The van der Waals surface area contributed by atoms with Crippen LogP contribution in [-0.2, 0) is 0 Å². The molecule has 1 aromatic rings. The molecule has 0 saturated carbocycles. The highest BCUT2D eigenvalue weighted by molar-refractivity contribution is 5.34. The number of anilines is 1. The zero-order valence-corrected chi connectivity index (χ0v) is 8.54. The maximum atomic E-state index is 11.9. The monoisotopic (exact) mass is 219 g/mol. The average Bonchev–Trinajstić information content (AvgIpc) is 2.13. The van der Waals surface area contributed by atoms with E-state index in [4.69, 9.17) is 0 Å². The summed E-state index contributed by atoms with van der Waals surface area (Å²) < 4.78 is 35.8. The fraction of sp³-hybridized carbons (Fsp3) is 0.556. The SMILES string of the molecule is Cc1cncc(N(C)CCC(F)(F)F)n1. The maximum Gasteiger partial charge on any atom is 0.390 e. The second-order valence-corrected chi connectivity index (χ2v) is 3.31. The fourth-order valence-corrected chi connectivity index (χ4v) is 1.04. The van der Waals surface area contributed by atoms with E-state index in [0.29, 0.717) is 11.5 Å². The van der Waals surface area contributed by atoms with Gasteiger partial charge in [0, 0.05) is 19.8 Å². The molecule has 6 heteroatoms. The topological polar surface area (TPSA) is 29.0 Å². The Bertz CT molecular complexity index is 325. The summed E-state index contributed by atoms with van der Waals surface area (Å²) in [6.07, 6.45) is -1.98. The van der Waals surface area contributed by atoms with E-state index >= 15 is 0 Å². The molecule has 1 aromatic heterocycles. The standard InChI is InChI=1S/C9H12F3N3/c1-7-5-13-6-8(14-7)15(2)4-3-9(10,11)12/h5-6H,3-4H2,1-2H3. The van der Waals surface area contributed by atoms with Crippen molar-refractivity contribution >= 4 is 5.82 Å². The number of rotatable bonds is 3. The number of hydrogen-bond acceptors (Lipinski definition) is 3. The Labute approximate surface area is 86.0 Å². The first-order chi connectivity index (χ1) is 6.88. The van der Waals surface area contributed by atoms with E-state index in [1.807, 2.05) is 0 Å². The largest absolute Gasteiger partial charge is 0.390 e. The van der Waals surface area contributed by atoms with Gasteiger partial charge in [-0.05, 0) is 6.92 Å². The van der Waals surface area contributed by atoms with E-state index in [1.165, 1.54) is 11.1 Å². The van der Waals surface area contributed by atoms with Crippen molar-refractivity contribution in [3.63, 3.8) is 0 Å². The van der Waals surface area contributed by atoms with E-state index < -0.39 is 12.6 Å². The van der Waals surface area contributed by atoms with Crippen molar-refractivity contribution in [2.45, 2.75) is 19.5 Å². The molecule has 0 spiro atoms. The van der Waals surface area contributed by atoms with Gasteiger partial charge in [-0.2, -0.15) is 13.2 Å². The van der Waals surface area contributed by atoms with Crippen molar-refractivity contribution < 1.29 is 13.2 Å². The van der Waals surface area contributed by atoms with E-state index in [-0.39, 0.29) is 6.54 Å². The minimum absolute atomic E-state index is 0.109. The minimum Gasteiger partial charge on any atom is -0.358 e. The smallest absolute Gasteiger partial charge is 0.358 e. The quantitative estimate of drug-likeness (QED) is 0.780. The number of halogens is 3. The number of hydrogen-bond donors (Lipinski definition) is 0. The van der Waals surface area contributed by atoms with Gasteiger partial charge in [0.05, 0.1) is 18.3 Å². The summed E-state index contributed by atoms with van der Waals surface area (Å²) in [5, 5.41) is 0. The van der Waals surface area contributed by atoms with Gasteiger partial charge in [0.2, 0.25) is 0 Å². The third kappa shape index (κ3) is 4.14. The van der Waals surface area contributed by atoms with Crippen molar-refractivity contribution in [3.8, 4) is 0 Å². The van der Waals surface area contributed by atoms with Crippen molar-refractivity contribution in [3.05, 3.63) is 18.1 Å². The zero-order valence-electron chi connectivity index (χ0n) is 8.54. The second-order valence-electron chi connectivity index (χ2n) is 3.31. The van der Waals surface area contributed by atoms with Crippen molar-refractivity contribution in [2.24, 2.45) is 0 Å². The number of alkyl halides is 3. The van der Waals surface area contributed by atoms with Crippen LogP contribution in [0.3, 0.4) is 0 Å². The van der Waals surface area contributed by atoms with Crippen molar-refractivity contribution in [1.29, 1.82) is 0 Å². The van der Waals surface area contributed by atoms with Crippen LogP contribution in [0.1, 0.15) is 12.1 Å². The first-order valence-electron chi connectivity index (χ1n) is 4.45. The summed E-state index contributed by atoms with van der Waals surface area (Å²) in [6, 6.07) is 0. The van der Waals surface area contributed by atoms with Gasteiger partial charge in [-0.25, -0.2) is 4.98 Å². The zero-order chi connectivity index (χ0) is 11.5. The molecule has 0 aliphatic rings. The highest BCUT2D eigenvalue weighted by Gasteiger charge is 2.27. The molecule has 0 saturated heterocycles. The average molecular weight is 219 g/mol. The van der Waals surface area contributed by atoms with Crippen LogP contribution in [0.5, 0.6) is 0 Å². The maximum absolute atomic E-state index is 11.9. The van der Waals surface area contributed by atoms with Gasteiger partial charge in [0.25, 0.3) is 0 Å². The molecule has 84 valence electrons. The van der Waals surface area contributed by atoms with Crippen LogP contribution in [0.15, 0.2) is 12.4 Å². The van der Waals surface area contributed by atoms with Crippen LogP contribution in [-0.4, -0.2) is 29.7 Å². The van der Waals surface area contributed by atoms with E-state index in [9.17, 15) is 13.2 Å². The predicted octanol–water partition coefficient (Wildman–Crippen LogP) is 2.17. The van der Waals surface area contributed by atoms with Gasteiger partial charge >= 0.3 is 6.18 Å². The molecule has 0 aliphatic heterocycles. The lowest BCUT2D eigenvalue weighted by Crippen LogP contribution is -2.25. The molecule has 0 unspecified atom stereocenters. The van der Waals surface area contributed by atoms with E-state index in [1.54, 1.807) is 20.2 Å².